The Kier molecular flexibility index (Phi) is 2.30. The average Bonchev–Trinajstić information content (AvgIpc) is 2.29. The van der Waals surface area contributed by atoms with Crippen molar-refractivity contribution in [1.82, 2.24) is 0 Å². The number of para-hydroxylation sites is 1. The monoisotopic (exact) mass is 406 g/mol. The second kappa shape index (κ2) is 3.57. The summed E-state index contributed by atoms with van der Waals surface area (Å²) in [6.45, 7) is 0. The molecule has 0 fully saturated rings. The SMILES string of the molecule is [CH3][Po]1([CH3])[NH]c2ccccc2-c2cccc[c]21. The first-order valence-corrected chi connectivity index (χ1v) is 14.9. The molecule has 1 aliphatic rings. The number of benzene rings is 2. The number of nitrogens with one attached hydrogen (secondary N) is 1. The van der Waals surface area contributed by atoms with Gasteiger partial charge in [-0.1, -0.05) is 0 Å². The molecule has 16 heavy (non-hydrogen) atoms. The molecule has 0 amide bonds. The van der Waals surface area contributed by atoms with Gasteiger partial charge < -0.3 is 0 Å². The van der Waals surface area contributed by atoms with E-state index in [9.17, 15) is 0 Å². The molecule has 1 heterocycles. The number of hydrogen-bond donors (Lipinski definition) is 1. The summed E-state index contributed by atoms with van der Waals surface area (Å²) in [6.07, 6.45) is 0. The van der Waals surface area contributed by atoms with Gasteiger partial charge in [-0.3, -0.25) is 0 Å². The minimum atomic E-state index is -2.27. The molecule has 0 unspecified atom stereocenters. The summed E-state index contributed by atoms with van der Waals surface area (Å²) in [5.41, 5.74) is 4.12. The van der Waals surface area contributed by atoms with Gasteiger partial charge in [-0.25, -0.2) is 0 Å². The van der Waals surface area contributed by atoms with Crippen LogP contribution in [-0.2, 0) is 0 Å². The molecule has 2 aromatic rings. The van der Waals surface area contributed by atoms with E-state index in [1.54, 1.807) is 3.22 Å². The zero-order valence-electron chi connectivity index (χ0n) is 9.53. The van der Waals surface area contributed by atoms with Crippen LogP contribution in [0.15, 0.2) is 48.5 Å². The zero-order valence-corrected chi connectivity index (χ0v) is 12.7. The Balaban J connectivity index is 2.33. The van der Waals surface area contributed by atoms with E-state index >= 15 is 0 Å². The van der Waals surface area contributed by atoms with Crippen LogP contribution in [0.3, 0.4) is 0 Å². The molecular weight excluding hydrogens is 391 g/mol. The summed E-state index contributed by atoms with van der Waals surface area (Å²) in [4.78, 5) is 0. The molecule has 0 spiro atoms. The summed E-state index contributed by atoms with van der Waals surface area (Å²) in [6, 6.07) is 17.5. The molecule has 1 aliphatic heterocycles. The summed E-state index contributed by atoms with van der Waals surface area (Å²) in [5, 5.41) is 0. The predicted molar refractivity (Wildman–Crippen MR) is 72.6 cm³/mol. The Morgan fingerprint density at radius 3 is 2.25 bits per heavy atom. The van der Waals surface area contributed by atoms with Gasteiger partial charge in [-0.05, 0) is 0 Å². The third-order valence-electron chi connectivity index (χ3n) is 3.02. The van der Waals surface area contributed by atoms with Gasteiger partial charge in [0.15, 0.2) is 0 Å². The van der Waals surface area contributed by atoms with Crippen LogP contribution < -0.4 is 6.44 Å². The van der Waals surface area contributed by atoms with Crippen molar-refractivity contribution < 1.29 is 0 Å². The first-order valence-electron chi connectivity index (χ1n) is 5.38. The normalized spacial score (nSPS) is 17.9. The number of fused-ring (bicyclic) bond motifs is 3. The second-order valence-corrected chi connectivity index (χ2v) is 17.3. The van der Waals surface area contributed by atoms with E-state index in [0.717, 1.165) is 0 Å². The van der Waals surface area contributed by atoms with Crippen molar-refractivity contribution in [2.24, 2.45) is 0 Å². The van der Waals surface area contributed by atoms with Crippen LogP contribution in [0.2, 0.25) is 9.17 Å². The fraction of sp³-hybridized carbons (Fsp3) is 0.143. The van der Waals surface area contributed by atoms with E-state index in [1.807, 2.05) is 0 Å². The topological polar surface area (TPSA) is 12.0 Å². The molecule has 2 heteroatoms. The first-order chi connectivity index (χ1) is 7.68. The van der Waals surface area contributed by atoms with E-state index in [2.05, 4.69) is 60.9 Å². The van der Waals surface area contributed by atoms with Crippen molar-refractivity contribution in [1.29, 1.82) is 0 Å². The van der Waals surface area contributed by atoms with Crippen LogP contribution in [0.4, 0.5) is 5.69 Å². The van der Waals surface area contributed by atoms with E-state index in [0.29, 0.717) is 0 Å². The van der Waals surface area contributed by atoms with Crippen LogP contribution in [0.25, 0.3) is 11.1 Å². The van der Waals surface area contributed by atoms with Gasteiger partial charge in [-0.2, -0.15) is 0 Å². The summed E-state index contributed by atoms with van der Waals surface area (Å²) >= 11 is -2.27. The molecule has 3 rings (SSSR count). The number of hydrogen-bond acceptors (Lipinski definition) is 1. The molecule has 0 aromatic heterocycles. The maximum absolute atomic E-state index is 3.80. The number of anilines is 1. The molecule has 1 N–H and O–H groups in total. The van der Waals surface area contributed by atoms with E-state index in [1.165, 1.54) is 16.8 Å². The van der Waals surface area contributed by atoms with E-state index in [-0.39, 0.29) is 0 Å². The summed E-state index contributed by atoms with van der Waals surface area (Å²) in [5.74, 6) is 0. The Morgan fingerprint density at radius 1 is 0.812 bits per heavy atom. The average molecular weight is 406 g/mol. The van der Waals surface area contributed by atoms with E-state index < -0.39 is 20.9 Å². The molecule has 2 aromatic carbocycles. The van der Waals surface area contributed by atoms with Crippen molar-refractivity contribution in [3.63, 3.8) is 0 Å². The van der Waals surface area contributed by atoms with Crippen molar-refractivity contribution in [2.45, 2.75) is 9.17 Å². The van der Waals surface area contributed by atoms with Crippen LogP contribution in [0, 0.1) is 0 Å². The molecule has 82 valence electrons. The quantitative estimate of drug-likeness (QED) is 0.709. The predicted octanol–water partition coefficient (Wildman–Crippen LogP) is 3.19. The van der Waals surface area contributed by atoms with Crippen molar-refractivity contribution in [3.8, 4) is 11.1 Å². The van der Waals surface area contributed by atoms with Gasteiger partial charge in [0.05, 0.1) is 0 Å². The first kappa shape index (κ1) is 10.3. The molecule has 0 atom stereocenters. The third-order valence-corrected chi connectivity index (χ3v) is 11.5. The van der Waals surface area contributed by atoms with Crippen LogP contribution >= 0.6 is 0 Å². The van der Waals surface area contributed by atoms with Crippen molar-refractivity contribution >= 4 is 29.8 Å². The Labute approximate surface area is 101 Å². The Hall–Kier alpha value is -0.864. The van der Waals surface area contributed by atoms with Gasteiger partial charge in [-0.15, -0.1) is 0 Å². The Morgan fingerprint density at radius 2 is 1.44 bits per heavy atom. The van der Waals surface area contributed by atoms with Crippen LogP contribution in [0.5, 0.6) is 0 Å². The molecule has 1 nitrogen and oxygen atoms in total. The van der Waals surface area contributed by atoms with Gasteiger partial charge >= 0.3 is 102 Å². The summed E-state index contributed by atoms with van der Waals surface area (Å²) in [7, 11) is 0. The molecule has 0 saturated heterocycles. The third kappa shape index (κ3) is 1.48. The molecule has 0 aliphatic carbocycles. The van der Waals surface area contributed by atoms with Gasteiger partial charge in [0.1, 0.15) is 0 Å². The zero-order chi connectivity index (χ0) is 11.2. The van der Waals surface area contributed by atoms with Crippen LogP contribution in [-0.4, -0.2) is 20.9 Å². The molecule has 0 saturated carbocycles. The van der Waals surface area contributed by atoms with Crippen molar-refractivity contribution in [3.05, 3.63) is 48.5 Å². The molecular formula is C14H15NPo. The Bertz CT molecular complexity index is 546. The fourth-order valence-corrected chi connectivity index (χ4v) is 9.98. The number of rotatable bonds is 0. The van der Waals surface area contributed by atoms with Crippen LogP contribution in [0.1, 0.15) is 0 Å². The van der Waals surface area contributed by atoms with Gasteiger partial charge in [0, 0.05) is 0 Å². The maximum atomic E-state index is 3.80. The standard InChI is InChI=1S/C12H9N.2CH3.Po/c13-12-9-5-4-8-11(12)10-6-2-1-3-7-10;;;/h1-6,8-9,13H;2*1H3;/q-1;;;+1. The van der Waals surface area contributed by atoms with E-state index in [4.69, 9.17) is 0 Å². The van der Waals surface area contributed by atoms with Gasteiger partial charge in [0.25, 0.3) is 0 Å². The minimum absolute atomic E-state index is 1.32. The van der Waals surface area contributed by atoms with Gasteiger partial charge in [0.2, 0.25) is 0 Å². The fourth-order valence-electron chi connectivity index (χ4n) is 2.27. The van der Waals surface area contributed by atoms with Crippen molar-refractivity contribution in [2.75, 3.05) is 3.22 Å². The molecule has 0 radical (unpaired) electrons. The second-order valence-electron chi connectivity index (χ2n) is 4.47. The summed E-state index contributed by atoms with van der Waals surface area (Å²) < 4.78 is 10.2. The molecule has 0 bridgehead atoms.